The van der Waals surface area contributed by atoms with E-state index >= 15 is 0 Å². The second-order valence-corrected chi connectivity index (χ2v) is 5.73. The molecule has 0 aromatic heterocycles. The van der Waals surface area contributed by atoms with E-state index in [4.69, 9.17) is 4.74 Å². The fourth-order valence-electron chi connectivity index (χ4n) is 2.43. The van der Waals surface area contributed by atoms with Crippen LogP contribution in [-0.2, 0) is 9.53 Å². The summed E-state index contributed by atoms with van der Waals surface area (Å²) in [5.74, 6) is 0.0152. The molecule has 1 aliphatic heterocycles. The Kier molecular flexibility index (Phi) is 5.95. The third-order valence-electron chi connectivity index (χ3n) is 3.55. The van der Waals surface area contributed by atoms with Crippen molar-refractivity contribution in [3.05, 3.63) is 29.8 Å². The van der Waals surface area contributed by atoms with Crippen molar-refractivity contribution in [2.75, 3.05) is 24.6 Å². The monoisotopic (exact) mass is 304 g/mol. The normalized spacial score (nSPS) is 14.7. The van der Waals surface area contributed by atoms with Crippen LogP contribution in [0.2, 0.25) is 0 Å². The average Bonchev–Trinajstić information content (AvgIpc) is 2.92. The predicted octanol–water partition coefficient (Wildman–Crippen LogP) is 2.36. The number of amides is 2. The van der Waals surface area contributed by atoms with Crippen LogP contribution in [0, 0.1) is 0 Å². The van der Waals surface area contributed by atoms with Gasteiger partial charge in [0.15, 0.2) is 0 Å². The van der Waals surface area contributed by atoms with Gasteiger partial charge in [-0.25, -0.2) is 0 Å². The summed E-state index contributed by atoms with van der Waals surface area (Å²) in [5, 5.41) is 2.88. The molecule has 1 aromatic carbocycles. The summed E-state index contributed by atoms with van der Waals surface area (Å²) in [5.41, 5.74) is 1.39. The highest BCUT2D eigenvalue weighted by Crippen LogP contribution is 2.22. The maximum atomic E-state index is 12.1. The molecule has 22 heavy (non-hydrogen) atoms. The topological polar surface area (TPSA) is 58.6 Å². The minimum atomic E-state index is -0.113. The van der Waals surface area contributed by atoms with Gasteiger partial charge in [0.1, 0.15) is 0 Å². The van der Waals surface area contributed by atoms with Gasteiger partial charge >= 0.3 is 0 Å². The smallest absolute Gasteiger partial charge is 0.251 e. The highest BCUT2D eigenvalue weighted by molar-refractivity contribution is 5.99. The Labute approximate surface area is 131 Å². The molecule has 0 spiro atoms. The number of nitrogens with zero attached hydrogens (tertiary/aromatic N) is 1. The van der Waals surface area contributed by atoms with Crippen molar-refractivity contribution in [2.24, 2.45) is 0 Å². The van der Waals surface area contributed by atoms with E-state index in [-0.39, 0.29) is 17.9 Å². The van der Waals surface area contributed by atoms with Crippen LogP contribution in [0.5, 0.6) is 0 Å². The molecule has 0 saturated carbocycles. The van der Waals surface area contributed by atoms with Gasteiger partial charge in [0, 0.05) is 37.4 Å². The minimum Gasteiger partial charge on any atom is -0.379 e. The van der Waals surface area contributed by atoms with Gasteiger partial charge in [-0.15, -0.1) is 0 Å². The molecule has 5 heteroatoms. The molecule has 120 valence electrons. The maximum Gasteiger partial charge on any atom is 0.251 e. The number of nitrogens with one attached hydrogen (secondary N) is 1. The summed E-state index contributed by atoms with van der Waals surface area (Å²) in [6.45, 7) is 5.93. The van der Waals surface area contributed by atoms with Crippen molar-refractivity contribution in [3.63, 3.8) is 0 Å². The van der Waals surface area contributed by atoms with Gasteiger partial charge in [-0.1, -0.05) is 6.07 Å². The van der Waals surface area contributed by atoms with Gasteiger partial charge in [-0.2, -0.15) is 0 Å². The van der Waals surface area contributed by atoms with Gasteiger partial charge in [-0.05, 0) is 44.9 Å². The summed E-state index contributed by atoms with van der Waals surface area (Å²) in [7, 11) is 0. The van der Waals surface area contributed by atoms with Gasteiger partial charge in [-0.3, -0.25) is 9.59 Å². The molecule has 0 bridgehead atoms. The van der Waals surface area contributed by atoms with E-state index in [0.717, 1.165) is 25.1 Å². The third-order valence-corrected chi connectivity index (χ3v) is 3.55. The van der Waals surface area contributed by atoms with E-state index in [1.54, 1.807) is 17.0 Å². The molecule has 1 N–H and O–H groups in total. The summed E-state index contributed by atoms with van der Waals surface area (Å²) in [4.78, 5) is 25.6. The summed E-state index contributed by atoms with van der Waals surface area (Å²) >= 11 is 0. The number of carbonyl (C=O) groups is 2. The van der Waals surface area contributed by atoms with Crippen molar-refractivity contribution < 1.29 is 14.3 Å². The molecule has 0 atom stereocenters. The standard InChI is InChI=1S/C17H24N2O3/c1-13(2)22-11-5-9-18-17(21)14-6-3-7-15(12-14)19-10-4-8-16(19)20/h3,6-7,12-13H,4-5,8-11H2,1-2H3,(H,18,21). The van der Waals surface area contributed by atoms with Gasteiger partial charge in [0.2, 0.25) is 5.91 Å². The van der Waals surface area contributed by atoms with Crippen molar-refractivity contribution in [1.82, 2.24) is 5.32 Å². The fraction of sp³-hybridized carbons (Fsp3) is 0.529. The predicted molar refractivity (Wildman–Crippen MR) is 86.1 cm³/mol. The Morgan fingerprint density at radius 3 is 2.91 bits per heavy atom. The lowest BCUT2D eigenvalue weighted by Gasteiger charge is -2.16. The summed E-state index contributed by atoms with van der Waals surface area (Å²) < 4.78 is 5.43. The Morgan fingerprint density at radius 1 is 1.41 bits per heavy atom. The lowest BCUT2D eigenvalue weighted by Crippen LogP contribution is -2.27. The van der Waals surface area contributed by atoms with Gasteiger partial charge < -0.3 is 15.0 Å². The fourth-order valence-corrected chi connectivity index (χ4v) is 2.43. The molecule has 0 aliphatic carbocycles. The second-order valence-electron chi connectivity index (χ2n) is 5.73. The zero-order valence-corrected chi connectivity index (χ0v) is 13.3. The van der Waals surface area contributed by atoms with E-state index in [1.807, 2.05) is 26.0 Å². The molecule has 1 aliphatic rings. The largest absolute Gasteiger partial charge is 0.379 e. The molecule has 1 fully saturated rings. The quantitative estimate of drug-likeness (QED) is 0.787. The van der Waals surface area contributed by atoms with Crippen molar-refractivity contribution in [1.29, 1.82) is 0 Å². The first-order chi connectivity index (χ1) is 10.6. The number of rotatable bonds is 7. The van der Waals surface area contributed by atoms with Crippen LogP contribution in [0.25, 0.3) is 0 Å². The average molecular weight is 304 g/mol. The maximum absolute atomic E-state index is 12.1. The van der Waals surface area contributed by atoms with Crippen LogP contribution in [0.3, 0.4) is 0 Å². The number of hydrogen-bond acceptors (Lipinski definition) is 3. The molecule has 1 saturated heterocycles. The summed E-state index contributed by atoms with van der Waals surface area (Å²) in [6.07, 6.45) is 2.47. The molecule has 0 unspecified atom stereocenters. The number of anilines is 1. The SMILES string of the molecule is CC(C)OCCCNC(=O)c1cccc(N2CCCC2=O)c1. The van der Waals surface area contributed by atoms with Crippen LogP contribution >= 0.6 is 0 Å². The Hall–Kier alpha value is -1.88. The Balaban J connectivity index is 1.86. The van der Waals surface area contributed by atoms with Crippen LogP contribution in [-0.4, -0.2) is 37.6 Å². The first-order valence-electron chi connectivity index (χ1n) is 7.88. The molecular weight excluding hydrogens is 280 g/mol. The molecule has 1 aromatic rings. The van der Waals surface area contributed by atoms with Crippen molar-refractivity contribution >= 4 is 17.5 Å². The molecule has 5 nitrogen and oxygen atoms in total. The second kappa shape index (κ2) is 7.94. The molecule has 2 rings (SSSR count). The van der Waals surface area contributed by atoms with E-state index in [1.165, 1.54) is 0 Å². The highest BCUT2D eigenvalue weighted by Gasteiger charge is 2.22. The van der Waals surface area contributed by atoms with Crippen molar-refractivity contribution in [2.45, 2.75) is 39.2 Å². The molecular formula is C17H24N2O3. The third kappa shape index (κ3) is 4.56. The first-order valence-corrected chi connectivity index (χ1v) is 7.88. The first kappa shape index (κ1) is 16.5. The lowest BCUT2D eigenvalue weighted by atomic mass is 10.1. The van der Waals surface area contributed by atoms with Crippen LogP contribution in [0.4, 0.5) is 5.69 Å². The number of benzene rings is 1. The number of hydrogen-bond donors (Lipinski definition) is 1. The molecule has 1 heterocycles. The Bertz CT molecular complexity index is 528. The van der Waals surface area contributed by atoms with Crippen molar-refractivity contribution in [3.8, 4) is 0 Å². The summed E-state index contributed by atoms with van der Waals surface area (Å²) in [6, 6.07) is 7.24. The zero-order chi connectivity index (χ0) is 15.9. The number of carbonyl (C=O) groups excluding carboxylic acids is 2. The lowest BCUT2D eigenvalue weighted by molar-refractivity contribution is -0.117. The minimum absolute atomic E-state index is 0.113. The zero-order valence-electron chi connectivity index (χ0n) is 13.3. The Morgan fingerprint density at radius 2 is 2.23 bits per heavy atom. The van der Waals surface area contributed by atoms with Gasteiger partial charge in [0.25, 0.3) is 5.91 Å². The van der Waals surface area contributed by atoms with E-state index in [9.17, 15) is 9.59 Å². The van der Waals surface area contributed by atoms with E-state index in [0.29, 0.717) is 25.1 Å². The van der Waals surface area contributed by atoms with Crippen LogP contribution in [0.1, 0.15) is 43.5 Å². The highest BCUT2D eigenvalue weighted by atomic mass is 16.5. The van der Waals surface area contributed by atoms with E-state index in [2.05, 4.69) is 5.32 Å². The molecule has 0 radical (unpaired) electrons. The number of ether oxygens (including phenoxy) is 1. The van der Waals surface area contributed by atoms with Crippen LogP contribution in [0.15, 0.2) is 24.3 Å². The van der Waals surface area contributed by atoms with Gasteiger partial charge in [0.05, 0.1) is 6.10 Å². The van der Waals surface area contributed by atoms with E-state index < -0.39 is 0 Å². The molecule has 2 amide bonds. The van der Waals surface area contributed by atoms with Crippen LogP contribution < -0.4 is 10.2 Å².